The summed E-state index contributed by atoms with van der Waals surface area (Å²) in [6.45, 7) is 0.771. The SMILES string of the molecule is NC[C@@H]1O[C@H](n2cnc3c2NC=NC3NCc2ccccc2)[C@@H](O)[C@H]1O. The first-order valence-electron chi connectivity index (χ1n) is 8.53. The van der Waals surface area contributed by atoms with Crippen LogP contribution in [0.1, 0.15) is 23.7 Å². The molecule has 1 aromatic carbocycles. The fourth-order valence-electron chi connectivity index (χ4n) is 3.27. The van der Waals surface area contributed by atoms with Gasteiger partial charge in [0.15, 0.2) is 6.23 Å². The van der Waals surface area contributed by atoms with Crippen LogP contribution in [0, 0.1) is 0 Å². The lowest BCUT2D eigenvalue weighted by Gasteiger charge is -2.23. The monoisotopic (exact) mass is 358 g/mol. The van der Waals surface area contributed by atoms with Gasteiger partial charge in [-0.15, -0.1) is 0 Å². The van der Waals surface area contributed by atoms with Gasteiger partial charge in [-0.05, 0) is 5.56 Å². The van der Waals surface area contributed by atoms with E-state index >= 15 is 0 Å². The number of anilines is 1. The molecule has 9 heteroatoms. The Morgan fingerprint density at radius 3 is 2.77 bits per heavy atom. The van der Waals surface area contributed by atoms with Crippen LogP contribution in [0.3, 0.4) is 0 Å². The number of ether oxygens (including phenoxy) is 1. The van der Waals surface area contributed by atoms with Crippen LogP contribution in [0.5, 0.6) is 0 Å². The number of imidazole rings is 1. The molecule has 3 heterocycles. The van der Waals surface area contributed by atoms with E-state index in [9.17, 15) is 10.2 Å². The van der Waals surface area contributed by atoms with Crippen LogP contribution in [0.2, 0.25) is 0 Å². The van der Waals surface area contributed by atoms with Crippen molar-refractivity contribution in [3.8, 4) is 0 Å². The number of fused-ring (bicyclic) bond motifs is 1. The largest absolute Gasteiger partial charge is 0.387 e. The summed E-state index contributed by atoms with van der Waals surface area (Å²) in [5.74, 6) is 0.666. The number of rotatable bonds is 5. The van der Waals surface area contributed by atoms with E-state index in [1.54, 1.807) is 17.2 Å². The van der Waals surface area contributed by atoms with E-state index in [4.69, 9.17) is 10.5 Å². The minimum atomic E-state index is -1.08. The van der Waals surface area contributed by atoms with Crippen LogP contribution in [0.25, 0.3) is 0 Å². The van der Waals surface area contributed by atoms with Gasteiger partial charge in [0.2, 0.25) is 0 Å². The second kappa shape index (κ2) is 7.14. The molecule has 4 rings (SSSR count). The molecule has 0 spiro atoms. The van der Waals surface area contributed by atoms with Gasteiger partial charge >= 0.3 is 0 Å². The van der Waals surface area contributed by atoms with E-state index in [1.165, 1.54) is 0 Å². The topological polar surface area (TPSA) is 130 Å². The van der Waals surface area contributed by atoms with E-state index < -0.39 is 24.5 Å². The van der Waals surface area contributed by atoms with Gasteiger partial charge in [-0.25, -0.2) is 9.98 Å². The molecule has 2 aromatic rings. The third-order valence-corrected chi connectivity index (χ3v) is 4.69. The highest BCUT2D eigenvalue weighted by Gasteiger charge is 2.44. The molecule has 26 heavy (non-hydrogen) atoms. The number of hydrogen-bond acceptors (Lipinski definition) is 8. The third-order valence-electron chi connectivity index (χ3n) is 4.69. The highest BCUT2D eigenvalue weighted by atomic mass is 16.6. The Morgan fingerprint density at radius 1 is 1.23 bits per heavy atom. The third kappa shape index (κ3) is 3.00. The summed E-state index contributed by atoms with van der Waals surface area (Å²) in [5, 5.41) is 26.7. The molecule has 1 fully saturated rings. The zero-order valence-corrected chi connectivity index (χ0v) is 14.1. The predicted octanol–water partition coefficient (Wildman–Crippen LogP) is -0.297. The summed E-state index contributed by atoms with van der Waals surface area (Å²) in [7, 11) is 0. The number of hydrogen-bond donors (Lipinski definition) is 5. The van der Waals surface area contributed by atoms with Gasteiger partial charge in [0.25, 0.3) is 0 Å². The highest BCUT2D eigenvalue weighted by Crippen LogP contribution is 2.35. The number of nitrogens with zero attached hydrogens (tertiary/aromatic N) is 3. The van der Waals surface area contributed by atoms with Crippen LogP contribution < -0.4 is 16.4 Å². The lowest BCUT2D eigenvalue weighted by Crippen LogP contribution is -2.35. The van der Waals surface area contributed by atoms with Gasteiger partial charge in [0.1, 0.15) is 36.0 Å². The molecule has 1 saturated heterocycles. The molecule has 9 nitrogen and oxygen atoms in total. The Hall–Kier alpha value is -2.30. The van der Waals surface area contributed by atoms with Crippen molar-refractivity contribution in [3.63, 3.8) is 0 Å². The molecular formula is C17H22N6O3. The Bertz CT molecular complexity index is 780. The zero-order chi connectivity index (χ0) is 18.1. The molecule has 0 bridgehead atoms. The summed E-state index contributed by atoms with van der Waals surface area (Å²) in [6, 6.07) is 10.0. The van der Waals surface area contributed by atoms with Gasteiger partial charge in [-0.1, -0.05) is 30.3 Å². The van der Waals surface area contributed by atoms with E-state index in [0.717, 1.165) is 5.56 Å². The normalized spacial score (nSPS) is 30.2. The Morgan fingerprint density at radius 2 is 2.04 bits per heavy atom. The number of nitrogens with one attached hydrogen (secondary N) is 2. The molecule has 0 radical (unpaired) electrons. The standard InChI is InChI=1S/C17H22N6O3/c18-6-11-13(24)14(25)17(26-11)23-9-22-12-15(20-8-21-16(12)23)19-7-10-4-2-1-3-5-10/h1-5,8-9,11,13-15,17,19,24-25H,6-7,18H2,(H,20,21)/t11-,13-,14-,15?,17-/m0/s1. The number of aliphatic imine (C=N–C) groups is 1. The lowest BCUT2D eigenvalue weighted by molar-refractivity contribution is -0.0331. The average molecular weight is 358 g/mol. The number of aliphatic hydroxyl groups excluding tert-OH is 2. The van der Waals surface area contributed by atoms with Crippen LogP contribution in [0.4, 0.5) is 5.82 Å². The molecule has 0 aliphatic carbocycles. The van der Waals surface area contributed by atoms with Crippen molar-refractivity contribution in [1.29, 1.82) is 0 Å². The van der Waals surface area contributed by atoms with Gasteiger partial charge in [-0.3, -0.25) is 9.88 Å². The maximum Gasteiger partial charge on any atom is 0.165 e. The van der Waals surface area contributed by atoms with E-state index in [2.05, 4.69) is 20.6 Å². The first-order chi connectivity index (χ1) is 12.7. The zero-order valence-electron chi connectivity index (χ0n) is 14.1. The summed E-state index contributed by atoms with van der Waals surface area (Å²) in [4.78, 5) is 8.82. The lowest BCUT2D eigenvalue weighted by atomic mass is 10.1. The Balaban J connectivity index is 1.53. The van der Waals surface area contributed by atoms with Crippen molar-refractivity contribution >= 4 is 12.2 Å². The van der Waals surface area contributed by atoms with Crippen molar-refractivity contribution in [2.45, 2.75) is 37.3 Å². The minimum absolute atomic E-state index is 0.127. The molecule has 0 amide bonds. The predicted molar refractivity (Wildman–Crippen MR) is 95.3 cm³/mol. The van der Waals surface area contributed by atoms with Gasteiger partial charge in [0, 0.05) is 13.1 Å². The van der Waals surface area contributed by atoms with Crippen molar-refractivity contribution in [1.82, 2.24) is 14.9 Å². The average Bonchev–Trinajstić information content (AvgIpc) is 3.23. The first-order valence-corrected chi connectivity index (χ1v) is 8.53. The maximum absolute atomic E-state index is 10.3. The number of nitrogens with two attached hydrogens (primary N) is 1. The minimum Gasteiger partial charge on any atom is -0.387 e. The fourth-order valence-corrected chi connectivity index (χ4v) is 3.27. The van der Waals surface area contributed by atoms with Crippen LogP contribution >= 0.6 is 0 Å². The van der Waals surface area contributed by atoms with E-state index in [-0.39, 0.29) is 12.7 Å². The van der Waals surface area contributed by atoms with Crippen molar-refractivity contribution in [3.05, 3.63) is 47.9 Å². The van der Waals surface area contributed by atoms with Crippen LogP contribution in [-0.2, 0) is 11.3 Å². The molecule has 6 N–H and O–H groups in total. The Labute approximate surface area is 150 Å². The maximum atomic E-state index is 10.3. The van der Waals surface area contributed by atoms with Crippen LogP contribution in [0.15, 0.2) is 41.7 Å². The van der Waals surface area contributed by atoms with Crippen molar-refractivity contribution in [2.24, 2.45) is 10.7 Å². The molecule has 2 aliphatic heterocycles. The summed E-state index contributed by atoms with van der Waals surface area (Å²) in [5.41, 5.74) is 7.43. The smallest absolute Gasteiger partial charge is 0.165 e. The number of aromatic nitrogens is 2. The molecule has 0 saturated carbocycles. The number of benzene rings is 1. The quantitative estimate of drug-likeness (QED) is 0.496. The molecule has 2 aliphatic rings. The molecule has 138 valence electrons. The van der Waals surface area contributed by atoms with Crippen molar-refractivity contribution in [2.75, 3.05) is 11.9 Å². The molecule has 5 atom stereocenters. The van der Waals surface area contributed by atoms with Crippen molar-refractivity contribution < 1.29 is 14.9 Å². The van der Waals surface area contributed by atoms with E-state index in [1.807, 2.05) is 30.3 Å². The summed E-state index contributed by atoms with van der Waals surface area (Å²) in [6.07, 6.45) is -0.655. The highest BCUT2D eigenvalue weighted by molar-refractivity contribution is 5.78. The Kier molecular flexibility index (Phi) is 4.70. The number of aliphatic hydroxyl groups is 2. The van der Waals surface area contributed by atoms with Gasteiger partial charge in [0.05, 0.1) is 12.7 Å². The van der Waals surface area contributed by atoms with E-state index in [0.29, 0.717) is 18.1 Å². The second-order valence-electron chi connectivity index (χ2n) is 6.36. The van der Waals surface area contributed by atoms with Gasteiger partial charge < -0.3 is 26.0 Å². The van der Waals surface area contributed by atoms with Crippen LogP contribution in [-0.4, -0.2) is 51.0 Å². The molecule has 1 unspecified atom stereocenters. The fraction of sp³-hybridized carbons (Fsp3) is 0.412. The molecule has 1 aromatic heterocycles. The molecular weight excluding hydrogens is 336 g/mol. The second-order valence-corrected chi connectivity index (χ2v) is 6.36. The summed E-state index contributed by atoms with van der Waals surface area (Å²) < 4.78 is 7.37. The first kappa shape index (κ1) is 17.1. The van der Waals surface area contributed by atoms with Gasteiger partial charge in [-0.2, -0.15) is 0 Å². The summed E-state index contributed by atoms with van der Waals surface area (Å²) >= 11 is 0.